The summed E-state index contributed by atoms with van der Waals surface area (Å²) >= 11 is 0. The lowest BCUT2D eigenvalue weighted by Crippen LogP contribution is -2.38. The highest BCUT2D eigenvalue weighted by atomic mass is 16.5. The molecule has 178 valence electrons. The Morgan fingerprint density at radius 2 is 1.21 bits per heavy atom. The van der Waals surface area contributed by atoms with E-state index in [9.17, 15) is 4.79 Å². The van der Waals surface area contributed by atoms with Crippen molar-refractivity contribution in [1.82, 2.24) is 10.6 Å². The van der Waals surface area contributed by atoms with Crippen molar-refractivity contribution in [2.75, 3.05) is 19.7 Å². The van der Waals surface area contributed by atoms with Crippen LogP contribution in [0.1, 0.15) is 71.1 Å². The molecule has 3 aromatic carbocycles. The predicted molar refractivity (Wildman–Crippen MR) is 140 cm³/mol. The lowest BCUT2D eigenvalue weighted by molar-refractivity contribution is 0.236. The Bertz CT molecular complexity index is 932. The molecule has 4 nitrogen and oxygen atoms in total. The lowest BCUT2D eigenvalue weighted by atomic mass is 10.0. The van der Waals surface area contributed by atoms with Crippen molar-refractivity contribution in [2.45, 2.75) is 71.1 Å². The number of carbonyl (C=O) groups excluding carboxylic acids is 1. The van der Waals surface area contributed by atoms with E-state index in [1.54, 1.807) is 0 Å². The van der Waals surface area contributed by atoms with Crippen LogP contribution >= 0.6 is 0 Å². The number of fused-ring (bicyclic) bond motifs is 2. The molecule has 4 heteroatoms. The SMILES string of the molecule is CCCCCCCCCCCCNC(=O)NCCOc1c2ccccc2cc2ccccc12. The van der Waals surface area contributed by atoms with Gasteiger partial charge in [-0.2, -0.15) is 0 Å². The van der Waals surface area contributed by atoms with Gasteiger partial charge in [0.25, 0.3) is 0 Å². The maximum absolute atomic E-state index is 12.1. The number of hydrogen-bond acceptors (Lipinski definition) is 2. The minimum Gasteiger partial charge on any atom is -0.490 e. The summed E-state index contributed by atoms with van der Waals surface area (Å²) in [6.45, 7) is 3.90. The van der Waals surface area contributed by atoms with E-state index < -0.39 is 0 Å². The van der Waals surface area contributed by atoms with Crippen LogP contribution in [-0.2, 0) is 0 Å². The molecule has 0 aromatic heterocycles. The minimum atomic E-state index is -0.114. The smallest absolute Gasteiger partial charge is 0.314 e. The second-order valence-corrected chi connectivity index (χ2v) is 8.86. The number of ether oxygens (including phenoxy) is 1. The van der Waals surface area contributed by atoms with Crippen LogP contribution in [0.3, 0.4) is 0 Å². The number of rotatable bonds is 15. The zero-order chi connectivity index (χ0) is 23.1. The molecule has 0 aliphatic carbocycles. The molecule has 3 aromatic rings. The van der Waals surface area contributed by atoms with Crippen molar-refractivity contribution in [3.8, 4) is 5.75 Å². The molecular weight excluding hydrogens is 408 g/mol. The molecule has 0 radical (unpaired) electrons. The standard InChI is InChI=1S/C29H40N2O2/c1-2-3-4-5-6-7-8-9-10-15-20-30-29(32)31-21-22-33-28-26-18-13-11-16-24(26)23-25-17-12-14-19-27(25)28/h11-14,16-19,23H,2-10,15,20-22H2,1H3,(H2,30,31,32). The molecule has 3 rings (SSSR count). The fraction of sp³-hybridized carbons (Fsp3) is 0.483. The second-order valence-electron chi connectivity index (χ2n) is 8.86. The number of benzene rings is 3. The van der Waals surface area contributed by atoms with Gasteiger partial charge in [0.05, 0.1) is 6.54 Å². The third-order valence-electron chi connectivity index (χ3n) is 6.17. The van der Waals surface area contributed by atoms with Gasteiger partial charge in [0.1, 0.15) is 12.4 Å². The molecule has 0 atom stereocenters. The van der Waals surface area contributed by atoms with Crippen molar-refractivity contribution < 1.29 is 9.53 Å². The van der Waals surface area contributed by atoms with Crippen LogP contribution in [0.2, 0.25) is 0 Å². The maximum Gasteiger partial charge on any atom is 0.314 e. The average molecular weight is 449 g/mol. The summed E-state index contributed by atoms with van der Waals surface area (Å²) < 4.78 is 6.15. The van der Waals surface area contributed by atoms with Crippen LogP contribution in [0.15, 0.2) is 54.6 Å². The highest BCUT2D eigenvalue weighted by Gasteiger charge is 2.08. The van der Waals surface area contributed by atoms with E-state index in [2.05, 4.69) is 47.9 Å². The van der Waals surface area contributed by atoms with Gasteiger partial charge >= 0.3 is 6.03 Å². The largest absolute Gasteiger partial charge is 0.490 e. The molecule has 0 aliphatic rings. The Morgan fingerprint density at radius 3 is 1.82 bits per heavy atom. The summed E-state index contributed by atoms with van der Waals surface area (Å²) in [5.74, 6) is 0.885. The Balaban J connectivity index is 1.30. The van der Waals surface area contributed by atoms with Crippen LogP contribution in [-0.4, -0.2) is 25.7 Å². The average Bonchev–Trinajstić information content (AvgIpc) is 2.84. The Kier molecular flexibility index (Phi) is 10.9. The number of nitrogens with one attached hydrogen (secondary N) is 2. The van der Waals surface area contributed by atoms with Gasteiger partial charge in [-0.15, -0.1) is 0 Å². The number of urea groups is 1. The van der Waals surface area contributed by atoms with Gasteiger partial charge in [-0.1, -0.05) is 113 Å². The molecule has 0 spiro atoms. The Morgan fingerprint density at radius 1 is 0.697 bits per heavy atom. The van der Waals surface area contributed by atoms with Gasteiger partial charge in [0, 0.05) is 17.3 Å². The molecule has 0 saturated carbocycles. The first-order valence-corrected chi connectivity index (χ1v) is 12.8. The maximum atomic E-state index is 12.1. The van der Waals surface area contributed by atoms with Crippen LogP contribution < -0.4 is 15.4 Å². The van der Waals surface area contributed by atoms with Crippen LogP contribution in [0.5, 0.6) is 5.75 Å². The number of unbranched alkanes of at least 4 members (excludes halogenated alkanes) is 9. The van der Waals surface area contributed by atoms with Crippen molar-refractivity contribution >= 4 is 27.6 Å². The summed E-state index contributed by atoms with van der Waals surface area (Å²) in [6.07, 6.45) is 13.0. The molecule has 33 heavy (non-hydrogen) atoms. The second kappa shape index (κ2) is 14.4. The van der Waals surface area contributed by atoms with Gasteiger partial charge in [0.2, 0.25) is 0 Å². The molecule has 0 unspecified atom stereocenters. The topological polar surface area (TPSA) is 50.4 Å². The lowest BCUT2D eigenvalue weighted by Gasteiger charge is -2.14. The predicted octanol–water partition coefficient (Wildman–Crippen LogP) is 7.59. The summed E-state index contributed by atoms with van der Waals surface area (Å²) in [7, 11) is 0. The van der Waals surface area contributed by atoms with E-state index >= 15 is 0 Å². The molecule has 0 heterocycles. The molecule has 0 fully saturated rings. The summed E-state index contributed by atoms with van der Waals surface area (Å²) in [5.41, 5.74) is 0. The van der Waals surface area contributed by atoms with Gasteiger partial charge in [-0.3, -0.25) is 0 Å². The first-order valence-electron chi connectivity index (χ1n) is 12.8. The Hall–Kier alpha value is -2.75. The molecule has 0 bridgehead atoms. The van der Waals surface area contributed by atoms with Crippen LogP contribution in [0.25, 0.3) is 21.5 Å². The fourth-order valence-corrected chi connectivity index (χ4v) is 4.32. The van der Waals surface area contributed by atoms with E-state index in [1.807, 2.05) is 24.3 Å². The highest BCUT2D eigenvalue weighted by Crippen LogP contribution is 2.34. The van der Waals surface area contributed by atoms with E-state index in [4.69, 9.17) is 4.74 Å². The highest BCUT2D eigenvalue weighted by molar-refractivity contribution is 6.05. The Labute approximate surface area is 199 Å². The van der Waals surface area contributed by atoms with Gasteiger partial charge < -0.3 is 15.4 Å². The summed E-state index contributed by atoms with van der Waals surface area (Å²) in [5, 5.41) is 10.4. The van der Waals surface area contributed by atoms with Crippen molar-refractivity contribution in [2.24, 2.45) is 0 Å². The number of hydrogen-bond donors (Lipinski definition) is 2. The van der Waals surface area contributed by atoms with E-state index in [0.717, 1.165) is 40.3 Å². The third kappa shape index (κ3) is 8.27. The molecule has 2 amide bonds. The monoisotopic (exact) mass is 448 g/mol. The molecule has 0 saturated heterocycles. The number of amides is 2. The van der Waals surface area contributed by atoms with Crippen molar-refractivity contribution in [3.63, 3.8) is 0 Å². The van der Waals surface area contributed by atoms with Crippen molar-refractivity contribution in [3.05, 3.63) is 54.6 Å². The summed E-state index contributed by atoms with van der Waals surface area (Å²) in [4.78, 5) is 12.1. The molecule has 0 aliphatic heterocycles. The zero-order valence-electron chi connectivity index (χ0n) is 20.2. The van der Waals surface area contributed by atoms with Crippen LogP contribution in [0.4, 0.5) is 4.79 Å². The number of carbonyl (C=O) groups is 1. The summed E-state index contributed by atoms with van der Waals surface area (Å²) in [6, 6.07) is 18.6. The third-order valence-corrected chi connectivity index (χ3v) is 6.17. The van der Waals surface area contributed by atoms with Gasteiger partial charge in [0.15, 0.2) is 0 Å². The first-order chi connectivity index (χ1) is 16.3. The fourth-order valence-electron chi connectivity index (χ4n) is 4.32. The zero-order valence-corrected chi connectivity index (χ0v) is 20.2. The van der Waals surface area contributed by atoms with E-state index in [1.165, 1.54) is 57.8 Å². The molecule has 2 N–H and O–H groups in total. The van der Waals surface area contributed by atoms with E-state index in [0.29, 0.717) is 13.2 Å². The van der Waals surface area contributed by atoms with Gasteiger partial charge in [-0.05, 0) is 23.3 Å². The van der Waals surface area contributed by atoms with Crippen molar-refractivity contribution in [1.29, 1.82) is 0 Å². The minimum absolute atomic E-state index is 0.114. The first kappa shape index (κ1) is 24.9. The molecular formula is C29H40N2O2. The van der Waals surface area contributed by atoms with E-state index in [-0.39, 0.29) is 6.03 Å². The van der Waals surface area contributed by atoms with Crippen LogP contribution in [0, 0.1) is 0 Å². The van der Waals surface area contributed by atoms with Gasteiger partial charge in [-0.25, -0.2) is 4.79 Å². The quantitative estimate of drug-likeness (QED) is 0.186. The normalized spacial score (nSPS) is 11.1.